The first-order chi connectivity index (χ1) is 5.82. The summed E-state index contributed by atoms with van der Waals surface area (Å²) in [4.78, 5) is 21.6. The van der Waals surface area contributed by atoms with E-state index in [0.717, 1.165) is 0 Å². The maximum Gasteiger partial charge on any atom is 0.245 e. The topological polar surface area (TPSA) is 63.4 Å². The van der Waals surface area contributed by atoms with Gasteiger partial charge in [-0.15, -0.1) is 0 Å². The first-order valence-corrected chi connectivity index (χ1v) is 3.62. The molecule has 0 saturated heterocycles. The van der Waals surface area contributed by atoms with Gasteiger partial charge in [-0.2, -0.15) is 0 Å². The quantitative estimate of drug-likeness (QED) is 0.628. The summed E-state index contributed by atoms with van der Waals surface area (Å²) in [5, 5.41) is 0. The molecule has 0 heterocycles. The van der Waals surface area contributed by atoms with Crippen molar-refractivity contribution in [2.45, 2.75) is 6.92 Å². The molecule has 0 saturated carbocycles. The van der Waals surface area contributed by atoms with Gasteiger partial charge in [0.05, 0.1) is 0 Å². The first-order valence-electron chi connectivity index (χ1n) is 3.62. The molecule has 0 rings (SSSR count). The lowest BCUT2D eigenvalue weighted by Crippen LogP contribution is -2.18. The molecule has 0 aromatic carbocycles. The number of rotatable bonds is 2. The molecule has 0 spiro atoms. The van der Waals surface area contributed by atoms with E-state index in [2.05, 4.69) is 13.2 Å². The monoisotopic (exact) mass is 184 g/mol. The van der Waals surface area contributed by atoms with Crippen LogP contribution in [0, 0.1) is 0 Å². The Hall–Kier alpha value is -1.58. The van der Waals surface area contributed by atoms with E-state index in [0.29, 0.717) is 5.57 Å². The number of nitrogens with zero attached hydrogens (tertiary/aromatic N) is 1. The minimum atomic E-state index is -0.435. The highest BCUT2D eigenvalue weighted by Crippen LogP contribution is 1.78. The van der Waals surface area contributed by atoms with Crippen LogP contribution in [0.4, 0.5) is 0 Å². The minimum absolute atomic E-state index is 0.0556. The molecule has 4 nitrogen and oxygen atoms in total. The summed E-state index contributed by atoms with van der Waals surface area (Å²) in [5.74, 6) is -0.491. The minimum Gasteiger partial charge on any atom is -0.366 e. The van der Waals surface area contributed by atoms with Crippen LogP contribution in [0.15, 0.2) is 24.8 Å². The van der Waals surface area contributed by atoms with E-state index >= 15 is 0 Å². The third-order valence-electron chi connectivity index (χ3n) is 1.04. The SMILES string of the molecule is C=C(C)C(N)=O.C=CC(=O)N(C)C. The highest BCUT2D eigenvalue weighted by atomic mass is 16.2. The summed E-state index contributed by atoms with van der Waals surface area (Å²) in [7, 11) is 3.37. The van der Waals surface area contributed by atoms with Crippen LogP contribution in [0.1, 0.15) is 6.92 Å². The lowest BCUT2D eigenvalue weighted by molar-refractivity contribution is -0.123. The molecule has 0 fully saturated rings. The highest BCUT2D eigenvalue weighted by Gasteiger charge is 1.91. The number of primary amides is 1. The third kappa shape index (κ3) is 10.4. The van der Waals surface area contributed by atoms with Crippen molar-refractivity contribution in [2.75, 3.05) is 14.1 Å². The van der Waals surface area contributed by atoms with Crippen LogP contribution in [-0.2, 0) is 9.59 Å². The normalized spacial score (nSPS) is 7.62. The van der Waals surface area contributed by atoms with Crippen LogP contribution in [0.25, 0.3) is 0 Å². The molecule has 0 radical (unpaired) electrons. The van der Waals surface area contributed by atoms with Crippen LogP contribution < -0.4 is 5.73 Å². The second-order valence-electron chi connectivity index (χ2n) is 2.58. The zero-order valence-electron chi connectivity index (χ0n) is 8.33. The lowest BCUT2D eigenvalue weighted by Gasteiger charge is -2.03. The summed E-state index contributed by atoms with van der Waals surface area (Å²) in [6.45, 7) is 8.14. The summed E-state index contributed by atoms with van der Waals surface area (Å²) in [6.07, 6.45) is 1.28. The van der Waals surface area contributed by atoms with Crippen molar-refractivity contribution < 1.29 is 9.59 Å². The van der Waals surface area contributed by atoms with Crippen molar-refractivity contribution in [1.82, 2.24) is 4.90 Å². The number of nitrogens with two attached hydrogens (primary N) is 1. The van der Waals surface area contributed by atoms with Crippen molar-refractivity contribution in [2.24, 2.45) is 5.73 Å². The first kappa shape index (κ1) is 14.0. The van der Waals surface area contributed by atoms with Gasteiger partial charge in [0, 0.05) is 19.7 Å². The van der Waals surface area contributed by atoms with E-state index in [1.54, 1.807) is 21.0 Å². The van der Waals surface area contributed by atoms with Gasteiger partial charge in [0.15, 0.2) is 0 Å². The molecule has 0 aliphatic carbocycles. The van der Waals surface area contributed by atoms with Gasteiger partial charge in [-0.3, -0.25) is 9.59 Å². The van der Waals surface area contributed by atoms with Crippen LogP contribution in [-0.4, -0.2) is 30.8 Å². The van der Waals surface area contributed by atoms with Gasteiger partial charge >= 0.3 is 0 Å². The molecule has 4 heteroatoms. The van der Waals surface area contributed by atoms with Crippen molar-refractivity contribution in [3.63, 3.8) is 0 Å². The van der Waals surface area contributed by atoms with Crippen molar-refractivity contribution in [1.29, 1.82) is 0 Å². The van der Waals surface area contributed by atoms with E-state index in [9.17, 15) is 9.59 Å². The molecule has 0 aromatic heterocycles. The summed E-state index contributed by atoms with van der Waals surface area (Å²) >= 11 is 0. The fraction of sp³-hybridized carbons (Fsp3) is 0.333. The van der Waals surface area contributed by atoms with Crippen LogP contribution in [0.3, 0.4) is 0 Å². The maximum atomic E-state index is 10.3. The summed E-state index contributed by atoms with van der Waals surface area (Å²) in [5.41, 5.74) is 5.09. The Kier molecular flexibility index (Phi) is 7.62. The summed E-state index contributed by atoms with van der Waals surface area (Å²) < 4.78 is 0. The molecule has 0 unspecified atom stereocenters. The van der Waals surface area contributed by atoms with Crippen molar-refractivity contribution in [3.05, 3.63) is 24.8 Å². The van der Waals surface area contributed by atoms with Crippen molar-refractivity contribution in [3.8, 4) is 0 Å². The van der Waals surface area contributed by atoms with Gasteiger partial charge in [-0.05, 0) is 13.0 Å². The molecular weight excluding hydrogens is 168 g/mol. The molecule has 0 bridgehead atoms. The smallest absolute Gasteiger partial charge is 0.245 e. The Balaban J connectivity index is 0. The lowest BCUT2D eigenvalue weighted by atomic mass is 10.3. The van der Waals surface area contributed by atoms with E-state index in [1.165, 1.54) is 11.0 Å². The van der Waals surface area contributed by atoms with Crippen LogP contribution in [0.2, 0.25) is 0 Å². The average Bonchev–Trinajstić information content (AvgIpc) is 2.03. The number of hydrogen-bond donors (Lipinski definition) is 1. The van der Waals surface area contributed by atoms with E-state index in [4.69, 9.17) is 5.73 Å². The number of carbonyl (C=O) groups excluding carboxylic acids is 2. The van der Waals surface area contributed by atoms with Gasteiger partial charge < -0.3 is 10.6 Å². The largest absolute Gasteiger partial charge is 0.366 e. The zero-order chi connectivity index (χ0) is 11.0. The van der Waals surface area contributed by atoms with Gasteiger partial charge in [0.1, 0.15) is 0 Å². The fourth-order valence-corrected chi connectivity index (χ4v) is 0.183. The predicted molar refractivity (Wildman–Crippen MR) is 52.9 cm³/mol. The Morgan fingerprint density at radius 3 is 1.69 bits per heavy atom. The molecule has 0 aliphatic rings. The highest BCUT2D eigenvalue weighted by molar-refractivity contribution is 5.90. The van der Waals surface area contributed by atoms with Gasteiger partial charge in [-0.1, -0.05) is 13.2 Å². The Morgan fingerprint density at radius 1 is 1.38 bits per heavy atom. The predicted octanol–water partition coefficient (Wildman–Crippen LogP) is 0.308. The second-order valence-corrected chi connectivity index (χ2v) is 2.58. The van der Waals surface area contributed by atoms with Gasteiger partial charge in [0.25, 0.3) is 0 Å². The van der Waals surface area contributed by atoms with E-state index in [-0.39, 0.29) is 5.91 Å². The molecule has 13 heavy (non-hydrogen) atoms. The van der Waals surface area contributed by atoms with E-state index < -0.39 is 5.91 Å². The molecule has 0 aliphatic heterocycles. The number of amides is 2. The fourth-order valence-electron chi connectivity index (χ4n) is 0.183. The summed E-state index contributed by atoms with van der Waals surface area (Å²) in [6, 6.07) is 0. The molecular formula is C9H16N2O2. The standard InChI is InChI=1S/C5H9NO.C4H7NO/c1-4-5(7)6(2)3;1-3(2)4(5)6/h4H,1H2,2-3H3;1H2,2H3,(H2,5,6). The van der Waals surface area contributed by atoms with Crippen LogP contribution >= 0.6 is 0 Å². The Labute approximate surface area is 78.7 Å². The number of likely N-dealkylation sites (N-methyl/N-ethyl adjacent to an activating group) is 1. The Morgan fingerprint density at radius 2 is 1.69 bits per heavy atom. The molecule has 2 N–H and O–H groups in total. The third-order valence-corrected chi connectivity index (χ3v) is 1.04. The molecule has 0 aromatic rings. The molecule has 2 amide bonds. The molecule has 74 valence electrons. The van der Waals surface area contributed by atoms with Gasteiger partial charge in [0.2, 0.25) is 11.8 Å². The van der Waals surface area contributed by atoms with E-state index in [1.807, 2.05) is 0 Å². The average molecular weight is 184 g/mol. The van der Waals surface area contributed by atoms with Gasteiger partial charge in [-0.25, -0.2) is 0 Å². The van der Waals surface area contributed by atoms with Crippen molar-refractivity contribution >= 4 is 11.8 Å². The number of hydrogen-bond acceptors (Lipinski definition) is 2. The Bertz CT molecular complexity index is 208. The number of carbonyl (C=O) groups is 2. The maximum absolute atomic E-state index is 10.3. The zero-order valence-corrected chi connectivity index (χ0v) is 8.33. The molecule has 0 atom stereocenters. The second kappa shape index (κ2) is 7.09. The van der Waals surface area contributed by atoms with Crippen LogP contribution in [0.5, 0.6) is 0 Å².